The van der Waals surface area contributed by atoms with Crippen molar-refractivity contribution in [1.82, 2.24) is 10.2 Å². The highest BCUT2D eigenvalue weighted by Crippen LogP contribution is 2.60. The number of nitrogens with one attached hydrogen (secondary N) is 1. The molecule has 3 aliphatic rings. The Balaban J connectivity index is 1.70. The van der Waals surface area contributed by atoms with Crippen molar-refractivity contribution in [2.45, 2.75) is 83.6 Å². The van der Waals surface area contributed by atoms with Gasteiger partial charge in [0.05, 0.1) is 18.8 Å². The third-order valence-corrected chi connectivity index (χ3v) is 7.41. The lowest BCUT2D eigenvalue weighted by Gasteiger charge is -2.46. The Morgan fingerprint density at radius 2 is 1.84 bits per heavy atom. The van der Waals surface area contributed by atoms with Gasteiger partial charge >= 0.3 is 6.03 Å². The van der Waals surface area contributed by atoms with Crippen molar-refractivity contribution in [2.75, 3.05) is 20.3 Å². The van der Waals surface area contributed by atoms with Gasteiger partial charge < -0.3 is 19.5 Å². The quantitative estimate of drug-likeness (QED) is 0.512. The fourth-order valence-electron chi connectivity index (χ4n) is 5.86. The van der Waals surface area contributed by atoms with E-state index in [0.717, 1.165) is 43.2 Å². The number of carbonyl (C=O) groups is 2. The Labute approximate surface area is 190 Å². The van der Waals surface area contributed by atoms with Crippen LogP contribution < -0.4 is 10.1 Å². The lowest BCUT2D eigenvalue weighted by molar-refractivity contribution is -0.139. The maximum Gasteiger partial charge on any atom is 0.325 e. The van der Waals surface area contributed by atoms with Crippen LogP contribution in [0.1, 0.15) is 64.5 Å². The fourth-order valence-corrected chi connectivity index (χ4v) is 5.86. The van der Waals surface area contributed by atoms with E-state index in [9.17, 15) is 9.59 Å². The number of nitrogens with zero attached hydrogens (tertiary/aromatic N) is 1. The van der Waals surface area contributed by atoms with Crippen LogP contribution in [0.15, 0.2) is 18.2 Å². The molecule has 1 aliphatic heterocycles. The van der Waals surface area contributed by atoms with E-state index >= 15 is 0 Å². The second-order valence-electron chi connectivity index (χ2n) is 9.93. The highest BCUT2D eigenvalue weighted by molar-refractivity contribution is 6.09. The SMILES string of the molecule is COC1CCC2(CC1)Cc1ccc(OCCOC(C)C)cc1C21NC(=O)N(C(C)C)C1=O. The van der Waals surface area contributed by atoms with Crippen molar-refractivity contribution >= 4 is 11.9 Å². The van der Waals surface area contributed by atoms with Gasteiger partial charge in [-0.05, 0) is 83.1 Å². The number of fused-ring (bicyclic) bond motifs is 3. The lowest BCUT2D eigenvalue weighted by Crippen LogP contribution is -2.57. The number of hydrogen-bond acceptors (Lipinski definition) is 5. The van der Waals surface area contributed by atoms with Gasteiger partial charge in [0.25, 0.3) is 5.91 Å². The summed E-state index contributed by atoms with van der Waals surface area (Å²) in [6.07, 6.45) is 4.55. The Hall–Kier alpha value is -2.12. The molecule has 32 heavy (non-hydrogen) atoms. The van der Waals surface area contributed by atoms with Crippen molar-refractivity contribution in [3.8, 4) is 5.75 Å². The first kappa shape index (κ1) is 23.1. The van der Waals surface area contributed by atoms with Crippen LogP contribution in [0.3, 0.4) is 0 Å². The van der Waals surface area contributed by atoms with Crippen LogP contribution in [0.25, 0.3) is 0 Å². The average molecular weight is 445 g/mol. The summed E-state index contributed by atoms with van der Waals surface area (Å²) in [7, 11) is 1.75. The van der Waals surface area contributed by atoms with Gasteiger partial charge in [-0.2, -0.15) is 0 Å². The number of rotatable bonds is 7. The largest absolute Gasteiger partial charge is 0.491 e. The zero-order valence-corrected chi connectivity index (χ0v) is 19.9. The second-order valence-corrected chi connectivity index (χ2v) is 9.93. The minimum absolute atomic E-state index is 0.132. The normalized spacial score (nSPS) is 29.5. The average Bonchev–Trinajstić information content (AvgIpc) is 3.17. The minimum atomic E-state index is -1.05. The van der Waals surface area contributed by atoms with E-state index in [0.29, 0.717) is 19.0 Å². The van der Waals surface area contributed by atoms with Crippen molar-refractivity contribution < 1.29 is 23.8 Å². The van der Waals surface area contributed by atoms with Crippen molar-refractivity contribution in [1.29, 1.82) is 0 Å². The van der Waals surface area contributed by atoms with Crippen LogP contribution in [-0.2, 0) is 26.2 Å². The summed E-state index contributed by atoms with van der Waals surface area (Å²) in [5.41, 5.74) is 0.610. The van der Waals surface area contributed by atoms with Crippen molar-refractivity contribution in [3.63, 3.8) is 0 Å². The maximum absolute atomic E-state index is 14.0. The molecule has 7 heteroatoms. The first-order chi connectivity index (χ1) is 15.2. The number of hydrogen-bond donors (Lipinski definition) is 1. The molecular weight excluding hydrogens is 408 g/mol. The second kappa shape index (κ2) is 8.67. The summed E-state index contributed by atoms with van der Waals surface area (Å²) < 4.78 is 17.1. The molecule has 1 heterocycles. The first-order valence-electron chi connectivity index (χ1n) is 11.8. The lowest BCUT2D eigenvalue weighted by atomic mass is 9.61. The van der Waals surface area contributed by atoms with Gasteiger partial charge in [-0.1, -0.05) is 6.07 Å². The predicted octanol–water partition coefficient (Wildman–Crippen LogP) is 3.78. The van der Waals surface area contributed by atoms with Gasteiger partial charge in [0.2, 0.25) is 0 Å². The molecule has 1 aromatic carbocycles. The molecule has 1 N–H and O–H groups in total. The van der Waals surface area contributed by atoms with E-state index in [1.165, 1.54) is 4.90 Å². The topological polar surface area (TPSA) is 77.1 Å². The molecule has 1 unspecified atom stereocenters. The maximum atomic E-state index is 14.0. The molecule has 3 amide bonds. The Morgan fingerprint density at radius 3 is 2.44 bits per heavy atom. The Bertz CT molecular complexity index is 875. The smallest absolute Gasteiger partial charge is 0.325 e. The predicted molar refractivity (Wildman–Crippen MR) is 121 cm³/mol. The summed E-state index contributed by atoms with van der Waals surface area (Å²) in [4.78, 5) is 28.4. The van der Waals surface area contributed by atoms with E-state index < -0.39 is 5.54 Å². The zero-order chi connectivity index (χ0) is 23.1. The number of imide groups is 1. The molecule has 2 spiro atoms. The number of carbonyl (C=O) groups excluding carboxylic acids is 2. The molecule has 176 valence electrons. The van der Waals surface area contributed by atoms with E-state index in [4.69, 9.17) is 14.2 Å². The van der Waals surface area contributed by atoms with Crippen molar-refractivity contribution in [2.24, 2.45) is 5.41 Å². The van der Waals surface area contributed by atoms with Gasteiger partial charge in [-0.25, -0.2) is 4.79 Å². The third kappa shape index (κ3) is 3.59. The molecule has 0 radical (unpaired) electrons. The van der Waals surface area contributed by atoms with Gasteiger partial charge in [-0.15, -0.1) is 0 Å². The molecule has 1 atom stereocenters. The molecule has 2 aliphatic carbocycles. The van der Waals surface area contributed by atoms with Gasteiger partial charge in [0.1, 0.15) is 12.4 Å². The van der Waals surface area contributed by atoms with Gasteiger partial charge in [-0.3, -0.25) is 9.69 Å². The summed E-state index contributed by atoms with van der Waals surface area (Å²) in [6.45, 7) is 8.68. The van der Waals surface area contributed by atoms with Crippen LogP contribution in [0.4, 0.5) is 4.79 Å². The number of methoxy groups -OCH3 is 1. The molecule has 0 aromatic heterocycles. The van der Waals surface area contributed by atoms with E-state index in [1.807, 2.05) is 39.8 Å². The summed E-state index contributed by atoms with van der Waals surface area (Å²) in [6, 6.07) is 5.48. The Morgan fingerprint density at radius 1 is 1.12 bits per heavy atom. The van der Waals surface area contributed by atoms with Crippen LogP contribution >= 0.6 is 0 Å². The van der Waals surface area contributed by atoms with Gasteiger partial charge in [0.15, 0.2) is 5.54 Å². The highest BCUT2D eigenvalue weighted by atomic mass is 16.5. The molecule has 4 rings (SSSR count). The van der Waals surface area contributed by atoms with E-state index in [1.54, 1.807) is 7.11 Å². The summed E-state index contributed by atoms with van der Waals surface area (Å²) >= 11 is 0. The van der Waals surface area contributed by atoms with Crippen LogP contribution in [-0.4, -0.2) is 55.4 Å². The fraction of sp³-hybridized carbons (Fsp3) is 0.680. The van der Waals surface area contributed by atoms with Crippen LogP contribution in [0.2, 0.25) is 0 Å². The molecule has 7 nitrogen and oxygen atoms in total. The zero-order valence-electron chi connectivity index (χ0n) is 19.9. The van der Waals surface area contributed by atoms with Crippen LogP contribution in [0, 0.1) is 5.41 Å². The van der Waals surface area contributed by atoms with Crippen molar-refractivity contribution in [3.05, 3.63) is 29.3 Å². The minimum Gasteiger partial charge on any atom is -0.491 e. The number of amides is 3. The van der Waals surface area contributed by atoms with Gasteiger partial charge in [0, 0.05) is 18.6 Å². The first-order valence-corrected chi connectivity index (χ1v) is 11.8. The van der Waals surface area contributed by atoms with E-state index in [2.05, 4.69) is 11.4 Å². The monoisotopic (exact) mass is 444 g/mol. The summed E-state index contributed by atoms with van der Waals surface area (Å²) in [5.74, 6) is 0.565. The number of ether oxygens (including phenoxy) is 3. The Kier molecular flexibility index (Phi) is 6.25. The third-order valence-electron chi connectivity index (χ3n) is 7.41. The molecule has 1 saturated carbocycles. The molecule has 1 saturated heterocycles. The van der Waals surface area contributed by atoms with Crippen LogP contribution in [0.5, 0.6) is 5.75 Å². The molecular formula is C25H36N2O5. The number of benzene rings is 1. The molecule has 2 fully saturated rings. The van der Waals surface area contributed by atoms with E-state index in [-0.39, 0.29) is 35.6 Å². The standard InChI is InChI=1S/C25H36N2O5/c1-16(2)27-22(28)25(26-23(27)29)21-14-20(32-13-12-31-17(3)4)7-6-18(21)15-24(25)10-8-19(30-5)9-11-24/h6-7,14,16-17,19H,8-13,15H2,1-5H3,(H,26,29). The number of urea groups is 1. The summed E-state index contributed by atoms with van der Waals surface area (Å²) in [5, 5.41) is 3.19. The molecule has 0 bridgehead atoms. The highest BCUT2D eigenvalue weighted by Gasteiger charge is 2.68. The molecule has 1 aromatic rings.